The van der Waals surface area contributed by atoms with E-state index in [0.717, 1.165) is 5.39 Å². The fourth-order valence-electron chi connectivity index (χ4n) is 2.46. The summed E-state index contributed by atoms with van der Waals surface area (Å²) in [6.07, 6.45) is -0.502. The first-order valence-corrected chi connectivity index (χ1v) is 7.30. The fraction of sp³-hybridized carbons (Fsp3) is 0.471. The first kappa shape index (κ1) is 16.5. The number of hydrogen-bond acceptors (Lipinski definition) is 5. The van der Waals surface area contributed by atoms with Crippen LogP contribution < -0.4 is 10.4 Å². The van der Waals surface area contributed by atoms with Crippen molar-refractivity contribution in [3.63, 3.8) is 0 Å². The summed E-state index contributed by atoms with van der Waals surface area (Å²) in [5, 5.41) is 11.3. The first-order valence-electron chi connectivity index (χ1n) is 7.30. The average molecular weight is 306 g/mol. The largest absolute Gasteiger partial charge is 0.496 e. The van der Waals surface area contributed by atoms with Gasteiger partial charge in [0.05, 0.1) is 18.8 Å². The molecule has 0 saturated carbocycles. The molecule has 120 valence electrons. The van der Waals surface area contributed by atoms with E-state index in [1.807, 2.05) is 26.8 Å². The molecule has 1 aromatic heterocycles. The van der Waals surface area contributed by atoms with Crippen molar-refractivity contribution >= 4 is 11.0 Å². The molecule has 1 heterocycles. The highest BCUT2D eigenvalue weighted by Crippen LogP contribution is 2.30. The molecule has 0 spiro atoms. The highest BCUT2D eigenvalue weighted by Gasteiger charge is 2.30. The minimum absolute atomic E-state index is 0.264. The molecule has 1 N–H and O–H groups in total. The molecular weight excluding hydrogens is 284 g/mol. The third-order valence-electron chi connectivity index (χ3n) is 3.79. The summed E-state index contributed by atoms with van der Waals surface area (Å²) in [5.41, 5.74) is -0.0338. The van der Waals surface area contributed by atoms with E-state index in [-0.39, 0.29) is 6.42 Å². The maximum atomic E-state index is 11.5. The minimum atomic E-state index is -0.766. The van der Waals surface area contributed by atoms with Gasteiger partial charge in [0, 0.05) is 30.0 Å². The number of aliphatic hydroxyl groups is 1. The van der Waals surface area contributed by atoms with Crippen LogP contribution in [-0.2, 0) is 11.2 Å². The van der Waals surface area contributed by atoms with E-state index in [9.17, 15) is 9.90 Å². The normalized spacial score (nSPS) is 13.3. The summed E-state index contributed by atoms with van der Waals surface area (Å²) in [7, 11) is 1.55. The molecule has 0 amide bonds. The van der Waals surface area contributed by atoms with Gasteiger partial charge < -0.3 is 19.0 Å². The Morgan fingerprint density at radius 3 is 2.59 bits per heavy atom. The Morgan fingerprint density at radius 1 is 1.27 bits per heavy atom. The molecule has 0 radical (unpaired) electrons. The second-order valence-electron chi connectivity index (χ2n) is 5.68. The molecule has 2 aromatic rings. The Morgan fingerprint density at radius 2 is 1.95 bits per heavy atom. The number of benzene rings is 1. The highest BCUT2D eigenvalue weighted by molar-refractivity contribution is 5.82. The Labute approximate surface area is 129 Å². The van der Waals surface area contributed by atoms with E-state index in [4.69, 9.17) is 13.9 Å². The lowest BCUT2D eigenvalue weighted by molar-refractivity contribution is -0.0955. The van der Waals surface area contributed by atoms with E-state index >= 15 is 0 Å². The Balaban J connectivity index is 2.48. The number of rotatable bonds is 6. The predicted molar refractivity (Wildman–Crippen MR) is 84.5 cm³/mol. The van der Waals surface area contributed by atoms with Gasteiger partial charge in [-0.2, -0.15) is 0 Å². The van der Waals surface area contributed by atoms with E-state index in [1.165, 1.54) is 6.07 Å². The number of ether oxygens (including phenoxy) is 2. The molecule has 0 aliphatic heterocycles. The van der Waals surface area contributed by atoms with Crippen LogP contribution >= 0.6 is 0 Å². The van der Waals surface area contributed by atoms with Gasteiger partial charge in [0.2, 0.25) is 0 Å². The Kier molecular flexibility index (Phi) is 4.88. The van der Waals surface area contributed by atoms with E-state index in [0.29, 0.717) is 23.5 Å². The molecule has 0 unspecified atom stereocenters. The number of aliphatic hydroxyl groups excluding tert-OH is 1. The van der Waals surface area contributed by atoms with Gasteiger partial charge in [-0.3, -0.25) is 0 Å². The Bertz CT molecular complexity index is 702. The van der Waals surface area contributed by atoms with Crippen molar-refractivity contribution in [3.8, 4) is 5.75 Å². The third kappa shape index (κ3) is 3.31. The highest BCUT2D eigenvalue weighted by atomic mass is 16.5. The lowest BCUT2D eigenvalue weighted by Crippen LogP contribution is -2.40. The van der Waals surface area contributed by atoms with Gasteiger partial charge in [-0.1, -0.05) is 0 Å². The number of fused-ring (bicyclic) bond motifs is 1. The van der Waals surface area contributed by atoms with Gasteiger partial charge in [-0.15, -0.1) is 0 Å². The van der Waals surface area contributed by atoms with Crippen LogP contribution in [0.2, 0.25) is 0 Å². The molecular formula is C17H22O5. The van der Waals surface area contributed by atoms with Crippen LogP contribution in [0.4, 0.5) is 0 Å². The molecule has 1 atom stereocenters. The van der Waals surface area contributed by atoms with Gasteiger partial charge in [0.1, 0.15) is 11.3 Å². The molecule has 0 aliphatic rings. The zero-order valence-corrected chi connectivity index (χ0v) is 13.4. The monoisotopic (exact) mass is 306 g/mol. The van der Waals surface area contributed by atoms with Crippen molar-refractivity contribution < 1.29 is 19.0 Å². The molecule has 2 rings (SSSR count). The second-order valence-corrected chi connectivity index (χ2v) is 5.68. The summed E-state index contributed by atoms with van der Waals surface area (Å²) >= 11 is 0. The van der Waals surface area contributed by atoms with Crippen molar-refractivity contribution in [3.05, 3.63) is 40.2 Å². The zero-order chi connectivity index (χ0) is 16.3. The summed E-state index contributed by atoms with van der Waals surface area (Å²) in [4.78, 5) is 11.5. The maximum Gasteiger partial charge on any atom is 0.336 e. The molecule has 0 aliphatic carbocycles. The van der Waals surface area contributed by atoms with E-state index in [1.54, 1.807) is 19.2 Å². The van der Waals surface area contributed by atoms with Gasteiger partial charge in [-0.05, 0) is 39.0 Å². The van der Waals surface area contributed by atoms with Crippen molar-refractivity contribution in [2.24, 2.45) is 0 Å². The van der Waals surface area contributed by atoms with Crippen LogP contribution in [0.25, 0.3) is 11.0 Å². The second kappa shape index (κ2) is 6.50. The Hall–Kier alpha value is -1.85. The van der Waals surface area contributed by atoms with Gasteiger partial charge in [0.15, 0.2) is 0 Å². The van der Waals surface area contributed by atoms with Crippen molar-refractivity contribution in [1.29, 1.82) is 0 Å². The van der Waals surface area contributed by atoms with Gasteiger partial charge >= 0.3 is 5.63 Å². The minimum Gasteiger partial charge on any atom is -0.496 e. The third-order valence-corrected chi connectivity index (χ3v) is 3.79. The van der Waals surface area contributed by atoms with E-state index in [2.05, 4.69) is 0 Å². The van der Waals surface area contributed by atoms with Crippen LogP contribution in [0.5, 0.6) is 5.75 Å². The first-order chi connectivity index (χ1) is 10.4. The fourth-order valence-corrected chi connectivity index (χ4v) is 2.46. The quantitative estimate of drug-likeness (QED) is 0.831. The lowest BCUT2D eigenvalue weighted by atomic mass is 9.93. The number of hydrogen-bond donors (Lipinski definition) is 1. The molecule has 22 heavy (non-hydrogen) atoms. The molecule has 1 aromatic carbocycles. The predicted octanol–water partition coefficient (Wildman–Crippen LogP) is 2.52. The van der Waals surface area contributed by atoms with Crippen LogP contribution in [0.3, 0.4) is 0 Å². The SMILES string of the molecule is CCOC(C)(C)[C@@H](O)Cc1c(OC)ccc2ccc(=O)oc12. The van der Waals surface area contributed by atoms with Gasteiger partial charge in [0.25, 0.3) is 0 Å². The van der Waals surface area contributed by atoms with Crippen molar-refractivity contribution in [2.45, 2.75) is 38.9 Å². The summed E-state index contributed by atoms with van der Waals surface area (Å²) in [6.45, 7) is 6.04. The summed E-state index contributed by atoms with van der Waals surface area (Å²) in [6, 6.07) is 6.70. The molecule has 0 saturated heterocycles. The van der Waals surface area contributed by atoms with Crippen LogP contribution in [-0.4, -0.2) is 30.5 Å². The maximum absolute atomic E-state index is 11.5. The van der Waals surface area contributed by atoms with Gasteiger partial charge in [-0.25, -0.2) is 4.79 Å². The topological polar surface area (TPSA) is 68.9 Å². The van der Waals surface area contributed by atoms with Crippen LogP contribution in [0, 0.1) is 0 Å². The standard InChI is InChI=1S/C17H22O5/c1-5-21-17(2,3)14(18)10-12-13(20-4)8-6-11-7-9-15(19)22-16(11)12/h6-9,14,18H,5,10H2,1-4H3/t14-/m0/s1. The molecule has 5 nitrogen and oxygen atoms in total. The van der Waals surface area contributed by atoms with Crippen LogP contribution in [0.15, 0.2) is 33.5 Å². The average Bonchev–Trinajstić information content (AvgIpc) is 2.47. The smallest absolute Gasteiger partial charge is 0.336 e. The molecule has 0 bridgehead atoms. The summed E-state index contributed by atoms with van der Waals surface area (Å²) in [5.74, 6) is 0.577. The zero-order valence-electron chi connectivity index (χ0n) is 13.4. The van der Waals surface area contributed by atoms with Crippen LogP contribution in [0.1, 0.15) is 26.3 Å². The molecule has 5 heteroatoms. The summed E-state index contributed by atoms with van der Waals surface area (Å²) < 4.78 is 16.3. The lowest BCUT2D eigenvalue weighted by Gasteiger charge is -2.30. The van der Waals surface area contributed by atoms with Crippen molar-refractivity contribution in [2.75, 3.05) is 13.7 Å². The molecule has 0 fully saturated rings. The van der Waals surface area contributed by atoms with E-state index < -0.39 is 17.3 Å². The number of methoxy groups -OCH3 is 1. The van der Waals surface area contributed by atoms with Crippen molar-refractivity contribution in [1.82, 2.24) is 0 Å².